The van der Waals surface area contributed by atoms with Gasteiger partial charge >= 0.3 is 6.03 Å². The molecule has 3 amide bonds. The molecule has 0 unspecified atom stereocenters. The fourth-order valence-electron chi connectivity index (χ4n) is 1.61. The molecule has 0 spiro atoms. The molecule has 19 heavy (non-hydrogen) atoms. The van der Waals surface area contributed by atoms with Crippen LogP contribution < -0.4 is 16.0 Å². The van der Waals surface area contributed by atoms with E-state index in [0.717, 1.165) is 23.2 Å². The minimum atomic E-state index is -0.376. The third-order valence-corrected chi connectivity index (χ3v) is 2.61. The first-order valence-electron chi connectivity index (χ1n) is 6.41. The smallest absolute Gasteiger partial charge is 0.319 e. The summed E-state index contributed by atoms with van der Waals surface area (Å²) in [6.07, 6.45) is 0.875. The average Bonchev–Trinajstić information content (AvgIpc) is 2.37. The highest BCUT2D eigenvalue weighted by Gasteiger charge is 2.06. The van der Waals surface area contributed by atoms with Crippen LogP contribution in [0.4, 0.5) is 10.5 Å². The second kappa shape index (κ2) is 7.41. The van der Waals surface area contributed by atoms with Crippen molar-refractivity contribution in [1.82, 2.24) is 10.6 Å². The van der Waals surface area contributed by atoms with Crippen molar-refractivity contribution in [2.75, 3.05) is 18.4 Å². The van der Waals surface area contributed by atoms with Crippen LogP contribution in [0.3, 0.4) is 0 Å². The van der Waals surface area contributed by atoms with E-state index in [0.29, 0.717) is 6.54 Å². The van der Waals surface area contributed by atoms with Gasteiger partial charge in [0, 0.05) is 12.2 Å². The Hall–Kier alpha value is -2.04. The van der Waals surface area contributed by atoms with Crippen LogP contribution in [0.2, 0.25) is 0 Å². The zero-order chi connectivity index (χ0) is 14.3. The summed E-state index contributed by atoms with van der Waals surface area (Å²) in [5.74, 6) is -0.183. The van der Waals surface area contributed by atoms with E-state index in [1.165, 1.54) is 0 Å². The molecule has 0 bridgehead atoms. The summed E-state index contributed by atoms with van der Waals surface area (Å²) >= 11 is 0. The minimum Gasteiger partial charge on any atom is -0.355 e. The maximum atomic E-state index is 11.6. The summed E-state index contributed by atoms with van der Waals surface area (Å²) in [5.41, 5.74) is 2.88. The van der Waals surface area contributed by atoms with Gasteiger partial charge in [-0.3, -0.25) is 4.79 Å². The molecule has 0 aliphatic rings. The molecule has 0 aliphatic carbocycles. The quantitative estimate of drug-likeness (QED) is 0.760. The fourth-order valence-corrected chi connectivity index (χ4v) is 1.61. The summed E-state index contributed by atoms with van der Waals surface area (Å²) in [6, 6.07) is 5.39. The summed E-state index contributed by atoms with van der Waals surface area (Å²) in [6.45, 7) is 6.50. The van der Waals surface area contributed by atoms with Gasteiger partial charge in [-0.2, -0.15) is 0 Å². The number of aryl methyl sites for hydroxylation is 2. The molecule has 0 aliphatic heterocycles. The number of urea groups is 1. The molecule has 5 heteroatoms. The second-order valence-electron chi connectivity index (χ2n) is 4.48. The Labute approximate surface area is 113 Å². The standard InChI is InChI=1S/C14H21N3O2/c1-4-7-15-13(18)9-16-14(19)17-12-6-5-10(2)8-11(12)3/h5-6,8H,4,7,9H2,1-3H3,(H,15,18)(H2,16,17,19). The van der Waals surface area contributed by atoms with Gasteiger partial charge in [-0.05, 0) is 31.9 Å². The molecule has 0 saturated carbocycles. The highest BCUT2D eigenvalue weighted by Crippen LogP contribution is 2.15. The Bertz CT molecular complexity index is 458. The van der Waals surface area contributed by atoms with Gasteiger partial charge in [0.15, 0.2) is 0 Å². The lowest BCUT2D eigenvalue weighted by molar-refractivity contribution is -0.120. The van der Waals surface area contributed by atoms with Crippen molar-refractivity contribution in [1.29, 1.82) is 0 Å². The van der Waals surface area contributed by atoms with Crippen molar-refractivity contribution in [2.45, 2.75) is 27.2 Å². The molecular formula is C14H21N3O2. The third kappa shape index (κ3) is 5.42. The van der Waals surface area contributed by atoms with Crippen LogP contribution in [0, 0.1) is 13.8 Å². The van der Waals surface area contributed by atoms with Crippen molar-refractivity contribution in [3.63, 3.8) is 0 Å². The molecule has 0 fully saturated rings. The molecule has 0 radical (unpaired) electrons. The van der Waals surface area contributed by atoms with Crippen molar-refractivity contribution in [2.24, 2.45) is 0 Å². The van der Waals surface area contributed by atoms with E-state index in [-0.39, 0.29) is 18.5 Å². The highest BCUT2D eigenvalue weighted by molar-refractivity contribution is 5.92. The molecule has 5 nitrogen and oxygen atoms in total. The number of amides is 3. The normalized spacial score (nSPS) is 9.84. The van der Waals surface area contributed by atoms with Crippen molar-refractivity contribution >= 4 is 17.6 Å². The first-order valence-corrected chi connectivity index (χ1v) is 6.41. The van der Waals surface area contributed by atoms with Crippen LogP contribution in [0.15, 0.2) is 18.2 Å². The van der Waals surface area contributed by atoms with E-state index in [9.17, 15) is 9.59 Å². The monoisotopic (exact) mass is 263 g/mol. The number of nitrogens with one attached hydrogen (secondary N) is 3. The topological polar surface area (TPSA) is 70.2 Å². The molecule has 0 heterocycles. The van der Waals surface area contributed by atoms with Crippen LogP contribution in [0.25, 0.3) is 0 Å². The predicted octanol–water partition coefficient (Wildman–Crippen LogP) is 1.95. The number of carbonyl (C=O) groups is 2. The Balaban J connectivity index is 2.41. The molecule has 3 N–H and O–H groups in total. The average molecular weight is 263 g/mol. The van der Waals surface area contributed by atoms with Crippen LogP contribution in [-0.2, 0) is 4.79 Å². The summed E-state index contributed by atoms with van der Waals surface area (Å²) in [5, 5.41) is 7.93. The number of hydrogen-bond donors (Lipinski definition) is 3. The number of anilines is 1. The van der Waals surface area contributed by atoms with Crippen LogP contribution >= 0.6 is 0 Å². The largest absolute Gasteiger partial charge is 0.355 e. The SMILES string of the molecule is CCCNC(=O)CNC(=O)Nc1ccc(C)cc1C. The zero-order valence-electron chi connectivity index (χ0n) is 11.7. The van der Waals surface area contributed by atoms with Gasteiger partial charge in [-0.25, -0.2) is 4.79 Å². The first kappa shape index (κ1) is 15.0. The predicted molar refractivity (Wildman–Crippen MR) is 76.2 cm³/mol. The zero-order valence-corrected chi connectivity index (χ0v) is 11.7. The van der Waals surface area contributed by atoms with E-state index >= 15 is 0 Å². The number of rotatable bonds is 5. The van der Waals surface area contributed by atoms with E-state index in [1.807, 2.05) is 39.0 Å². The first-order chi connectivity index (χ1) is 9.02. The number of carbonyl (C=O) groups excluding carboxylic acids is 2. The molecule has 0 saturated heterocycles. The van der Waals surface area contributed by atoms with Gasteiger partial charge in [0.25, 0.3) is 0 Å². The van der Waals surface area contributed by atoms with Gasteiger partial charge in [0.2, 0.25) is 5.91 Å². The third-order valence-electron chi connectivity index (χ3n) is 2.61. The Morgan fingerprint density at radius 1 is 1.16 bits per heavy atom. The molecule has 104 valence electrons. The molecule has 1 rings (SSSR count). The molecular weight excluding hydrogens is 242 g/mol. The summed E-state index contributed by atoms with van der Waals surface area (Å²) in [7, 11) is 0. The van der Waals surface area contributed by atoms with Crippen molar-refractivity contribution in [3.05, 3.63) is 29.3 Å². The van der Waals surface area contributed by atoms with Gasteiger partial charge in [0.05, 0.1) is 6.54 Å². The van der Waals surface area contributed by atoms with Gasteiger partial charge < -0.3 is 16.0 Å². The fraction of sp³-hybridized carbons (Fsp3) is 0.429. The van der Waals surface area contributed by atoms with Gasteiger partial charge in [0.1, 0.15) is 0 Å². The maximum absolute atomic E-state index is 11.6. The van der Waals surface area contributed by atoms with Crippen LogP contribution in [-0.4, -0.2) is 25.0 Å². The highest BCUT2D eigenvalue weighted by atomic mass is 16.2. The van der Waals surface area contributed by atoms with E-state index < -0.39 is 0 Å². The summed E-state index contributed by atoms with van der Waals surface area (Å²) in [4.78, 5) is 22.9. The van der Waals surface area contributed by atoms with Gasteiger partial charge in [-0.1, -0.05) is 24.6 Å². The van der Waals surface area contributed by atoms with Crippen molar-refractivity contribution in [3.8, 4) is 0 Å². The lowest BCUT2D eigenvalue weighted by atomic mass is 10.1. The molecule has 1 aromatic rings. The van der Waals surface area contributed by atoms with E-state index in [2.05, 4.69) is 16.0 Å². The Kier molecular flexibility index (Phi) is 5.85. The molecule has 0 atom stereocenters. The van der Waals surface area contributed by atoms with Crippen molar-refractivity contribution < 1.29 is 9.59 Å². The van der Waals surface area contributed by atoms with Crippen LogP contribution in [0.5, 0.6) is 0 Å². The van der Waals surface area contributed by atoms with E-state index in [4.69, 9.17) is 0 Å². The number of hydrogen-bond acceptors (Lipinski definition) is 2. The lowest BCUT2D eigenvalue weighted by Gasteiger charge is -2.10. The molecule has 1 aromatic carbocycles. The summed E-state index contributed by atoms with van der Waals surface area (Å²) < 4.78 is 0. The Morgan fingerprint density at radius 2 is 1.89 bits per heavy atom. The second-order valence-corrected chi connectivity index (χ2v) is 4.48. The van der Waals surface area contributed by atoms with E-state index in [1.54, 1.807) is 0 Å². The van der Waals surface area contributed by atoms with Crippen LogP contribution in [0.1, 0.15) is 24.5 Å². The lowest BCUT2D eigenvalue weighted by Crippen LogP contribution is -2.39. The number of benzene rings is 1. The maximum Gasteiger partial charge on any atom is 0.319 e. The molecule has 0 aromatic heterocycles. The minimum absolute atomic E-state index is 0.0171. The van der Waals surface area contributed by atoms with Gasteiger partial charge in [-0.15, -0.1) is 0 Å². The Morgan fingerprint density at radius 3 is 2.53 bits per heavy atom.